The van der Waals surface area contributed by atoms with Crippen molar-refractivity contribution in [3.05, 3.63) is 58.9 Å². The molecule has 0 radical (unpaired) electrons. The zero-order chi connectivity index (χ0) is 20.4. The second kappa shape index (κ2) is 9.55. The van der Waals surface area contributed by atoms with Gasteiger partial charge in [0, 0.05) is 19.6 Å². The molecule has 2 aromatic rings. The van der Waals surface area contributed by atoms with Crippen LogP contribution in [0.1, 0.15) is 22.0 Å². The van der Waals surface area contributed by atoms with E-state index in [2.05, 4.69) is 10.2 Å². The van der Waals surface area contributed by atoms with Crippen LogP contribution in [-0.4, -0.2) is 50.4 Å². The third kappa shape index (κ3) is 4.48. The first kappa shape index (κ1) is 22.2. The summed E-state index contributed by atoms with van der Waals surface area (Å²) < 4.78 is 56.7. The van der Waals surface area contributed by atoms with Crippen LogP contribution in [0.25, 0.3) is 0 Å². The van der Waals surface area contributed by atoms with Gasteiger partial charge in [0.2, 0.25) is 6.79 Å². The first-order valence-electron chi connectivity index (χ1n) is 9.17. The molecule has 30 heavy (non-hydrogen) atoms. The largest absolute Gasteiger partial charge is 0.454 e. The summed E-state index contributed by atoms with van der Waals surface area (Å²) in [6.45, 7) is 2.67. The van der Waals surface area contributed by atoms with E-state index in [1.165, 1.54) is 0 Å². The summed E-state index contributed by atoms with van der Waals surface area (Å²) in [5.41, 5.74) is 0.331. The second-order valence-electron chi connectivity index (χ2n) is 6.71. The SMILES string of the molecule is Cl.O=C(NCC(c1ccc2c(c1)OCO2)N1CCOCC1)c1ccc(F)c(F)c1F. The van der Waals surface area contributed by atoms with Crippen LogP contribution >= 0.6 is 12.4 Å². The molecule has 1 unspecified atom stereocenters. The summed E-state index contributed by atoms with van der Waals surface area (Å²) in [6, 6.07) is 6.91. The molecule has 6 nitrogen and oxygen atoms in total. The van der Waals surface area contributed by atoms with E-state index in [1.807, 2.05) is 12.1 Å². The molecule has 0 spiro atoms. The number of hydrogen-bond donors (Lipinski definition) is 1. The average Bonchev–Trinajstić information content (AvgIpc) is 3.21. The number of carbonyl (C=O) groups excluding carboxylic acids is 1. The Balaban J connectivity index is 0.00000256. The zero-order valence-corrected chi connectivity index (χ0v) is 16.6. The van der Waals surface area contributed by atoms with Gasteiger partial charge in [-0.05, 0) is 29.8 Å². The number of amides is 1. The Hall–Kier alpha value is -2.49. The van der Waals surface area contributed by atoms with Crippen LogP contribution in [0.2, 0.25) is 0 Å². The van der Waals surface area contributed by atoms with E-state index in [1.54, 1.807) is 6.07 Å². The molecule has 0 aromatic heterocycles. The smallest absolute Gasteiger partial charge is 0.254 e. The number of hydrogen-bond acceptors (Lipinski definition) is 5. The minimum atomic E-state index is -1.67. The van der Waals surface area contributed by atoms with Crippen LogP contribution in [0.5, 0.6) is 11.5 Å². The molecular weight excluding hydrogens is 425 g/mol. The number of ether oxygens (including phenoxy) is 3. The van der Waals surface area contributed by atoms with Gasteiger partial charge in [0.1, 0.15) is 0 Å². The van der Waals surface area contributed by atoms with Crippen LogP contribution in [0.15, 0.2) is 30.3 Å². The van der Waals surface area contributed by atoms with Crippen LogP contribution in [-0.2, 0) is 4.74 Å². The first-order chi connectivity index (χ1) is 14.0. The van der Waals surface area contributed by atoms with Gasteiger partial charge in [0.15, 0.2) is 29.0 Å². The minimum Gasteiger partial charge on any atom is -0.454 e. The summed E-state index contributed by atoms with van der Waals surface area (Å²) >= 11 is 0. The fourth-order valence-corrected chi connectivity index (χ4v) is 3.45. The molecule has 1 N–H and O–H groups in total. The van der Waals surface area contributed by atoms with Gasteiger partial charge in [-0.1, -0.05) is 6.07 Å². The van der Waals surface area contributed by atoms with Crippen molar-refractivity contribution in [3.63, 3.8) is 0 Å². The highest BCUT2D eigenvalue weighted by molar-refractivity contribution is 5.94. The summed E-state index contributed by atoms with van der Waals surface area (Å²) in [5, 5.41) is 2.63. The van der Waals surface area contributed by atoms with Gasteiger partial charge in [-0.3, -0.25) is 9.69 Å². The monoisotopic (exact) mass is 444 g/mol. The molecule has 0 bridgehead atoms. The van der Waals surface area contributed by atoms with Crippen molar-refractivity contribution >= 4 is 18.3 Å². The number of nitrogens with one attached hydrogen (secondary N) is 1. The molecule has 2 heterocycles. The standard InChI is InChI=1S/C20H19F3N2O4.ClH/c21-14-3-2-13(18(22)19(14)23)20(26)24-10-15(25-5-7-27-8-6-25)12-1-4-16-17(9-12)29-11-28-16;/h1-4,9,15H,5-8,10-11H2,(H,24,26);1H. The summed E-state index contributed by atoms with van der Waals surface area (Å²) in [5.74, 6) is -4.08. The fraction of sp³-hybridized carbons (Fsp3) is 0.350. The Kier molecular flexibility index (Phi) is 7.06. The van der Waals surface area contributed by atoms with E-state index >= 15 is 0 Å². The summed E-state index contributed by atoms with van der Waals surface area (Å²) in [7, 11) is 0. The lowest BCUT2D eigenvalue weighted by molar-refractivity contribution is 0.0162. The quantitative estimate of drug-likeness (QED) is 0.718. The van der Waals surface area contributed by atoms with Crippen molar-refractivity contribution in [1.29, 1.82) is 0 Å². The molecule has 1 atom stereocenters. The predicted molar refractivity (Wildman–Crippen MR) is 104 cm³/mol. The summed E-state index contributed by atoms with van der Waals surface area (Å²) in [4.78, 5) is 14.5. The van der Waals surface area contributed by atoms with E-state index < -0.39 is 28.9 Å². The number of morpholine rings is 1. The fourth-order valence-electron chi connectivity index (χ4n) is 3.45. The molecule has 1 saturated heterocycles. The lowest BCUT2D eigenvalue weighted by Gasteiger charge is -2.35. The number of halogens is 4. The van der Waals surface area contributed by atoms with Crippen LogP contribution in [0.4, 0.5) is 13.2 Å². The maximum atomic E-state index is 13.9. The topological polar surface area (TPSA) is 60.0 Å². The van der Waals surface area contributed by atoms with Gasteiger partial charge >= 0.3 is 0 Å². The van der Waals surface area contributed by atoms with Crippen LogP contribution in [0.3, 0.4) is 0 Å². The molecule has 162 valence electrons. The average molecular weight is 445 g/mol. The molecule has 2 aliphatic heterocycles. The van der Waals surface area contributed by atoms with Crippen LogP contribution in [0, 0.1) is 17.5 Å². The maximum absolute atomic E-state index is 13.9. The van der Waals surface area contributed by atoms with E-state index in [0.29, 0.717) is 37.8 Å². The van der Waals surface area contributed by atoms with E-state index in [0.717, 1.165) is 17.7 Å². The van der Waals surface area contributed by atoms with Crippen molar-refractivity contribution < 1.29 is 32.2 Å². The summed E-state index contributed by atoms with van der Waals surface area (Å²) in [6.07, 6.45) is 0. The van der Waals surface area contributed by atoms with Gasteiger partial charge < -0.3 is 19.5 Å². The molecule has 1 amide bonds. The Morgan fingerprint density at radius 2 is 1.77 bits per heavy atom. The van der Waals surface area contributed by atoms with Gasteiger partial charge in [0.25, 0.3) is 5.91 Å². The third-order valence-electron chi connectivity index (χ3n) is 5.00. The highest BCUT2D eigenvalue weighted by atomic mass is 35.5. The van der Waals surface area contributed by atoms with Gasteiger partial charge in [-0.15, -0.1) is 12.4 Å². The maximum Gasteiger partial charge on any atom is 0.254 e. The number of fused-ring (bicyclic) bond motifs is 1. The highest BCUT2D eigenvalue weighted by Crippen LogP contribution is 2.35. The molecule has 0 saturated carbocycles. The Bertz CT molecular complexity index is 925. The highest BCUT2D eigenvalue weighted by Gasteiger charge is 2.26. The molecule has 0 aliphatic carbocycles. The van der Waals surface area contributed by atoms with Crippen molar-refractivity contribution in [1.82, 2.24) is 10.2 Å². The zero-order valence-electron chi connectivity index (χ0n) is 15.8. The molecule has 4 rings (SSSR count). The molecule has 1 fully saturated rings. The number of benzene rings is 2. The Morgan fingerprint density at radius 1 is 1.03 bits per heavy atom. The van der Waals surface area contributed by atoms with Gasteiger partial charge in [-0.2, -0.15) is 0 Å². The number of nitrogens with zero attached hydrogens (tertiary/aromatic N) is 1. The molecular formula is C20H20ClF3N2O4. The first-order valence-corrected chi connectivity index (χ1v) is 9.17. The lowest BCUT2D eigenvalue weighted by atomic mass is 10.0. The number of carbonyl (C=O) groups is 1. The van der Waals surface area contributed by atoms with Crippen molar-refractivity contribution in [2.75, 3.05) is 39.6 Å². The van der Waals surface area contributed by atoms with E-state index in [4.69, 9.17) is 14.2 Å². The molecule has 2 aliphatic rings. The predicted octanol–water partition coefficient (Wildman–Crippen LogP) is 3.06. The molecule has 2 aromatic carbocycles. The Morgan fingerprint density at radius 3 is 2.53 bits per heavy atom. The van der Waals surface area contributed by atoms with Crippen molar-refractivity contribution in [3.8, 4) is 11.5 Å². The second-order valence-corrected chi connectivity index (χ2v) is 6.71. The minimum absolute atomic E-state index is 0. The van der Waals surface area contributed by atoms with Crippen molar-refractivity contribution in [2.45, 2.75) is 6.04 Å². The van der Waals surface area contributed by atoms with E-state index in [9.17, 15) is 18.0 Å². The van der Waals surface area contributed by atoms with Gasteiger partial charge in [-0.25, -0.2) is 13.2 Å². The lowest BCUT2D eigenvalue weighted by Crippen LogP contribution is -2.44. The third-order valence-corrected chi connectivity index (χ3v) is 5.00. The number of rotatable bonds is 5. The molecule has 10 heteroatoms. The Labute approximate surface area is 177 Å². The van der Waals surface area contributed by atoms with E-state index in [-0.39, 0.29) is 31.8 Å². The van der Waals surface area contributed by atoms with Crippen molar-refractivity contribution in [2.24, 2.45) is 0 Å². The van der Waals surface area contributed by atoms with Gasteiger partial charge in [0.05, 0.1) is 24.8 Å². The normalized spacial score (nSPS) is 16.6. The van der Waals surface area contributed by atoms with Crippen LogP contribution < -0.4 is 14.8 Å².